The molecule has 0 amide bonds. The van der Waals surface area contributed by atoms with Gasteiger partial charge in [0.15, 0.2) is 5.13 Å². The zero-order chi connectivity index (χ0) is 12.2. The van der Waals surface area contributed by atoms with E-state index in [1.165, 1.54) is 17.7 Å². The monoisotopic (exact) mass is 255 g/mol. The van der Waals surface area contributed by atoms with Crippen molar-refractivity contribution in [1.82, 2.24) is 19.9 Å². The molecule has 0 saturated heterocycles. The molecule has 0 unspecified atom stereocenters. The molecule has 3 heterocycles. The van der Waals surface area contributed by atoms with Gasteiger partial charge in [-0.25, -0.2) is 19.9 Å². The molecule has 3 aromatic rings. The van der Waals surface area contributed by atoms with Gasteiger partial charge in [-0.2, -0.15) is 0 Å². The average Bonchev–Trinajstić information content (AvgIpc) is 2.89. The van der Waals surface area contributed by atoms with Crippen molar-refractivity contribution >= 4 is 22.3 Å². The van der Waals surface area contributed by atoms with Crippen LogP contribution in [0, 0.1) is 0 Å². The number of nitrogens with zero attached hydrogens (tertiary/aromatic N) is 4. The van der Waals surface area contributed by atoms with Gasteiger partial charge in [0.1, 0.15) is 17.8 Å². The van der Waals surface area contributed by atoms with Crippen LogP contribution >= 0.6 is 11.3 Å². The highest BCUT2D eigenvalue weighted by atomic mass is 32.1. The minimum absolute atomic E-state index is 0.779. The highest BCUT2D eigenvalue weighted by molar-refractivity contribution is 7.14. The van der Waals surface area contributed by atoms with Gasteiger partial charge in [-0.3, -0.25) is 0 Å². The molecule has 3 rings (SSSR count). The van der Waals surface area contributed by atoms with Crippen LogP contribution in [0.2, 0.25) is 0 Å². The quantitative estimate of drug-likeness (QED) is 0.779. The Balaban J connectivity index is 1.82. The van der Waals surface area contributed by atoms with E-state index in [4.69, 9.17) is 0 Å². The predicted molar refractivity (Wildman–Crippen MR) is 70.7 cm³/mol. The van der Waals surface area contributed by atoms with E-state index in [2.05, 4.69) is 25.3 Å². The molecule has 1 N–H and O–H groups in total. The van der Waals surface area contributed by atoms with Gasteiger partial charge in [0.05, 0.1) is 5.69 Å². The predicted octanol–water partition coefficient (Wildman–Crippen LogP) is 2.74. The van der Waals surface area contributed by atoms with Crippen molar-refractivity contribution < 1.29 is 0 Å². The van der Waals surface area contributed by atoms with Crippen LogP contribution in [0.25, 0.3) is 11.4 Å². The molecule has 0 fully saturated rings. The lowest BCUT2D eigenvalue weighted by atomic mass is 10.3. The summed E-state index contributed by atoms with van der Waals surface area (Å²) in [6.07, 6.45) is 4.95. The number of pyridine rings is 1. The fourth-order valence-electron chi connectivity index (χ4n) is 1.44. The van der Waals surface area contributed by atoms with Crippen LogP contribution < -0.4 is 5.32 Å². The Morgan fingerprint density at radius 2 is 2.00 bits per heavy atom. The number of hydrogen-bond donors (Lipinski definition) is 1. The molecule has 0 aliphatic rings. The third kappa shape index (κ3) is 2.33. The molecule has 0 aliphatic carbocycles. The minimum Gasteiger partial charge on any atom is -0.316 e. The first-order chi connectivity index (χ1) is 8.92. The summed E-state index contributed by atoms with van der Waals surface area (Å²) in [5, 5.41) is 5.89. The molecule has 88 valence electrons. The van der Waals surface area contributed by atoms with E-state index in [0.717, 1.165) is 22.3 Å². The molecule has 0 bridgehead atoms. The molecular weight excluding hydrogens is 246 g/mol. The van der Waals surface area contributed by atoms with Crippen molar-refractivity contribution in [3.8, 4) is 11.4 Å². The number of hydrogen-bond acceptors (Lipinski definition) is 6. The lowest BCUT2D eigenvalue weighted by molar-refractivity contribution is 1.16. The average molecular weight is 255 g/mol. The second kappa shape index (κ2) is 4.89. The van der Waals surface area contributed by atoms with Crippen LogP contribution in [-0.4, -0.2) is 19.9 Å². The summed E-state index contributed by atoms with van der Waals surface area (Å²) in [6.45, 7) is 0. The number of nitrogens with one attached hydrogen (secondary N) is 1. The van der Waals surface area contributed by atoms with Crippen LogP contribution in [0.1, 0.15) is 0 Å². The second-order valence-electron chi connectivity index (χ2n) is 3.47. The summed E-state index contributed by atoms with van der Waals surface area (Å²) in [4.78, 5) is 16.7. The van der Waals surface area contributed by atoms with Crippen molar-refractivity contribution in [2.45, 2.75) is 0 Å². The van der Waals surface area contributed by atoms with Gasteiger partial charge in [0, 0.05) is 17.8 Å². The number of thiazole rings is 1. The summed E-state index contributed by atoms with van der Waals surface area (Å²) in [7, 11) is 0. The maximum atomic E-state index is 4.45. The Labute approximate surface area is 108 Å². The Hall–Kier alpha value is -2.34. The van der Waals surface area contributed by atoms with Crippen molar-refractivity contribution in [3.63, 3.8) is 0 Å². The molecule has 0 atom stereocenters. The van der Waals surface area contributed by atoms with E-state index in [0.29, 0.717) is 0 Å². The highest BCUT2D eigenvalue weighted by Gasteiger charge is 2.05. The van der Waals surface area contributed by atoms with Gasteiger partial charge in [-0.05, 0) is 18.2 Å². The largest absolute Gasteiger partial charge is 0.316 e. The Morgan fingerprint density at radius 1 is 1.00 bits per heavy atom. The fourth-order valence-corrected chi connectivity index (χ4v) is 2.15. The van der Waals surface area contributed by atoms with E-state index in [-0.39, 0.29) is 0 Å². The summed E-state index contributed by atoms with van der Waals surface area (Å²) in [5.41, 5.74) is 1.65. The molecule has 5 nitrogen and oxygen atoms in total. The summed E-state index contributed by atoms with van der Waals surface area (Å²) >= 11 is 1.52. The zero-order valence-corrected chi connectivity index (χ0v) is 10.1. The van der Waals surface area contributed by atoms with Crippen LogP contribution in [0.5, 0.6) is 0 Å². The third-order valence-corrected chi connectivity index (χ3v) is 3.01. The van der Waals surface area contributed by atoms with Crippen molar-refractivity contribution in [2.75, 3.05) is 5.32 Å². The van der Waals surface area contributed by atoms with Crippen LogP contribution in [0.4, 0.5) is 10.9 Å². The van der Waals surface area contributed by atoms with Gasteiger partial charge in [0.2, 0.25) is 0 Å². The summed E-state index contributed by atoms with van der Waals surface area (Å²) < 4.78 is 0. The van der Waals surface area contributed by atoms with Crippen molar-refractivity contribution in [1.29, 1.82) is 0 Å². The minimum atomic E-state index is 0.779. The maximum Gasteiger partial charge on any atom is 0.188 e. The molecular formula is C12H9N5S. The SMILES string of the molecule is c1ccc(Nc2nc(-c3ccncn3)cs2)nc1. The van der Waals surface area contributed by atoms with Crippen molar-refractivity contribution in [3.05, 3.63) is 48.4 Å². The van der Waals surface area contributed by atoms with Crippen LogP contribution in [0.15, 0.2) is 48.4 Å². The van der Waals surface area contributed by atoms with E-state index in [9.17, 15) is 0 Å². The summed E-state index contributed by atoms with van der Waals surface area (Å²) in [6, 6.07) is 7.53. The van der Waals surface area contributed by atoms with Crippen molar-refractivity contribution in [2.24, 2.45) is 0 Å². The molecule has 0 spiro atoms. The lowest BCUT2D eigenvalue weighted by Crippen LogP contribution is -1.92. The Kier molecular flexibility index (Phi) is 2.93. The number of anilines is 2. The second-order valence-corrected chi connectivity index (χ2v) is 4.33. The fraction of sp³-hybridized carbons (Fsp3) is 0. The molecule has 0 aromatic carbocycles. The number of rotatable bonds is 3. The first kappa shape index (κ1) is 10.8. The molecule has 18 heavy (non-hydrogen) atoms. The maximum absolute atomic E-state index is 4.45. The molecule has 3 aromatic heterocycles. The van der Waals surface area contributed by atoms with E-state index >= 15 is 0 Å². The van der Waals surface area contributed by atoms with Crippen LogP contribution in [-0.2, 0) is 0 Å². The lowest BCUT2D eigenvalue weighted by Gasteiger charge is -1.99. The van der Waals surface area contributed by atoms with E-state index in [1.807, 2.05) is 29.6 Å². The molecule has 0 saturated carbocycles. The summed E-state index contributed by atoms with van der Waals surface area (Å²) in [5.74, 6) is 0.779. The van der Waals surface area contributed by atoms with Gasteiger partial charge in [-0.15, -0.1) is 11.3 Å². The first-order valence-electron chi connectivity index (χ1n) is 5.32. The zero-order valence-electron chi connectivity index (χ0n) is 9.32. The number of aromatic nitrogens is 4. The molecule has 6 heteroatoms. The van der Waals surface area contributed by atoms with Crippen LogP contribution in [0.3, 0.4) is 0 Å². The van der Waals surface area contributed by atoms with E-state index in [1.54, 1.807) is 12.4 Å². The van der Waals surface area contributed by atoms with Gasteiger partial charge < -0.3 is 5.32 Å². The van der Waals surface area contributed by atoms with Gasteiger partial charge in [0.25, 0.3) is 0 Å². The topological polar surface area (TPSA) is 63.6 Å². The smallest absolute Gasteiger partial charge is 0.188 e. The Bertz CT molecular complexity index is 623. The van der Waals surface area contributed by atoms with Gasteiger partial charge >= 0.3 is 0 Å². The third-order valence-electron chi connectivity index (χ3n) is 2.25. The highest BCUT2D eigenvalue weighted by Crippen LogP contribution is 2.24. The molecule has 0 radical (unpaired) electrons. The standard InChI is InChI=1S/C12H9N5S/c1-2-5-14-11(3-1)17-12-16-10(7-18-12)9-4-6-13-8-15-9/h1-8H,(H,14,16,17). The van der Waals surface area contributed by atoms with E-state index < -0.39 is 0 Å². The Morgan fingerprint density at radius 3 is 2.78 bits per heavy atom. The van der Waals surface area contributed by atoms with Gasteiger partial charge in [-0.1, -0.05) is 6.07 Å². The normalized spacial score (nSPS) is 10.2. The molecule has 0 aliphatic heterocycles. The first-order valence-corrected chi connectivity index (χ1v) is 6.20.